The van der Waals surface area contributed by atoms with Crippen LogP contribution in [0.1, 0.15) is 22.2 Å². The molecule has 0 saturated carbocycles. The predicted octanol–water partition coefficient (Wildman–Crippen LogP) is 4.84. The average molecular weight is 465 g/mol. The van der Waals surface area contributed by atoms with E-state index in [2.05, 4.69) is 28.5 Å². The van der Waals surface area contributed by atoms with Gasteiger partial charge in [0.05, 0.1) is 16.3 Å². The number of aromatic nitrogens is 3. The molecule has 0 radical (unpaired) electrons. The third-order valence-electron chi connectivity index (χ3n) is 4.56. The van der Waals surface area contributed by atoms with Crippen LogP contribution >= 0.6 is 23.1 Å². The molecule has 1 amide bonds. The Morgan fingerprint density at radius 2 is 1.91 bits per heavy atom. The molecule has 0 aliphatic heterocycles. The first-order valence-corrected chi connectivity index (χ1v) is 11.8. The molecule has 2 aromatic carbocycles. The van der Waals surface area contributed by atoms with Gasteiger partial charge in [-0.1, -0.05) is 43.0 Å². The van der Waals surface area contributed by atoms with Gasteiger partial charge in [-0.2, -0.15) is 0 Å². The van der Waals surface area contributed by atoms with Gasteiger partial charge in [-0.05, 0) is 53.8 Å². The van der Waals surface area contributed by atoms with Gasteiger partial charge in [0.25, 0.3) is 5.91 Å². The van der Waals surface area contributed by atoms with Crippen molar-refractivity contribution in [3.63, 3.8) is 0 Å². The smallest absolute Gasteiger partial charge is 0.321 e. The molecular formula is C23H20N4O3S2. The summed E-state index contributed by atoms with van der Waals surface area (Å²) >= 11 is 2.64. The van der Waals surface area contributed by atoms with Crippen LogP contribution in [0.5, 0.6) is 5.75 Å². The molecule has 32 heavy (non-hydrogen) atoms. The summed E-state index contributed by atoms with van der Waals surface area (Å²) in [6.07, 6.45) is 2.52. The van der Waals surface area contributed by atoms with Crippen LogP contribution in [0.2, 0.25) is 0 Å². The molecule has 0 fully saturated rings. The number of nitrogens with zero attached hydrogens (tertiary/aromatic N) is 3. The van der Waals surface area contributed by atoms with Crippen molar-refractivity contribution in [2.75, 3.05) is 11.1 Å². The van der Waals surface area contributed by atoms with Crippen molar-refractivity contribution in [3.05, 3.63) is 82.8 Å². The third-order valence-corrected chi connectivity index (χ3v) is 6.34. The number of thioether (sulfide) groups is 1. The lowest BCUT2D eigenvalue weighted by Crippen LogP contribution is -2.12. The zero-order valence-corrected chi connectivity index (χ0v) is 18.9. The van der Waals surface area contributed by atoms with Crippen LogP contribution < -0.4 is 10.1 Å². The van der Waals surface area contributed by atoms with Gasteiger partial charge in [-0.3, -0.25) is 14.2 Å². The fourth-order valence-corrected chi connectivity index (χ4v) is 4.34. The number of carbonyl (C=O) groups is 2. The minimum atomic E-state index is -0.399. The molecule has 0 unspecified atom stereocenters. The van der Waals surface area contributed by atoms with E-state index in [1.54, 1.807) is 36.7 Å². The Balaban J connectivity index is 1.33. The first-order valence-electron chi connectivity index (χ1n) is 9.90. The number of hydrogen-bond donors (Lipinski definition) is 1. The highest BCUT2D eigenvalue weighted by Gasteiger charge is 2.14. The Kier molecular flexibility index (Phi) is 6.98. The van der Waals surface area contributed by atoms with Crippen molar-refractivity contribution in [2.24, 2.45) is 0 Å². The number of benzene rings is 2. The molecule has 2 heterocycles. The normalized spacial score (nSPS) is 10.7. The molecule has 4 rings (SSSR count). The molecule has 162 valence electrons. The number of amides is 1. The number of esters is 1. The van der Waals surface area contributed by atoms with Crippen molar-refractivity contribution < 1.29 is 14.3 Å². The van der Waals surface area contributed by atoms with Crippen LogP contribution in [0.25, 0.3) is 5.69 Å². The Bertz CT molecular complexity index is 1200. The molecule has 0 spiro atoms. The maximum Gasteiger partial charge on any atom is 0.321 e. The van der Waals surface area contributed by atoms with Crippen LogP contribution in [0.4, 0.5) is 5.69 Å². The Morgan fingerprint density at radius 1 is 1.09 bits per heavy atom. The van der Waals surface area contributed by atoms with Crippen LogP contribution in [0, 0.1) is 0 Å². The second-order valence-electron chi connectivity index (χ2n) is 6.68. The molecule has 0 atom stereocenters. The van der Waals surface area contributed by atoms with Gasteiger partial charge in [0.2, 0.25) is 0 Å². The fourth-order valence-electron chi connectivity index (χ4n) is 3.02. The summed E-state index contributed by atoms with van der Waals surface area (Å²) in [5.41, 5.74) is 2.79. The number of ether oxygens (including phenoxy) is 1. The highest BCUT2D eigenvalue weighted by molar-refractivity contribution is 7.99. The van der Waals surface area contributed by atoms with E-state index in [4.69, 9.17) is 4.74 Å². The van der Waals surface area contributed by atoms with Gasteiger partial charge in [-0.15, -0.1) is 21.5 Å². The van der Waals surface area contributed by atoms with Crippen LogP contribution in [-0.4, -0.2) is 32.4 Å². The number of aryl methyl sites for hydroxylation is 1. The van der Waals surface area contributed by atoms with Crippen molar-refractivity contribution >= 4 is 40.7 Å². The Hall–Kier alpha value is -3.43. The summed E-state index contributed by atoms with van der Waals surface area (Å²) in [6, 6.07) is 18.3. The summed E-state index contributed by atoms with van der Waals surface area (Å²) < 4.78 is 7.28. The molecule has 7 nitrogen and oxygen atoms in total. The SMILES string of the molecule is CCc1ccccc1-n1cnnc1SCC(=O)Oc1ccc(NC(=O)c2cccs2)cc1. The highest BCUT2D eigenvalue weighted by atomic mass is 32.2. The maximum atomic E-state index is 12.3. The lowest BCUT2D eigenvalue weighted by atomic mass is 10.1. The monoisotopic (exact) mass is 464 g/mol. The van der Waals surface area contributed by atoms with Gasteiger partial charge in [0.1, 0.15) is 12.1 Å². The van der Waals surface area contributed by atoms with E-state index in [1.807, 2.05) is 34.2 Å². The van der Waals surface area contributed by atoms with Crippen molar-refractivity contribution in [1.29, 1.82) is 0 Å². The molecule has 1 N–H and O–H groups in total. The largest absolute Gasteiger partial charge is 0.426 e. The lowest BCUT2D eigenvalue weighted by molar-refractivity contribution is -0.131. The zero-order valence-electron chi connectivity index (χ0n) is 17.2. The molecule has 0 saturated heterocycles. The predicted molar refractivity (Wildman–Crippen MR) is 126 cm³/mol. The number of carbonyl (C=O) groups excluding carboxylic acids is 2. The first kappa shape index (κ1) is 21.8. The molecule has 0 aliphatic rings. The van der Waals surface area contributed by atoms with E-state index < -0.39 is 5.97 Å². The quantitative estimate of drug-likeness (QED) is 0.228. The van der Waals surface area contributed by atoms with Crippen LogP contribution in [0.3, 0.4) is 0 Å². The molecule has 2 aromatic heterocycles. The van der Waals surface area contributed by atoms with Gasteiger partial charge < -0.3 is 10.1 Å². The van der Waals surface area contributed by atoms with Gasteiger partial charge >= 0.3 is 5.97 Å². The number of thiophene rings is 1. The third kappa shape index (κ3) is 5.24. The van der Waals surface area contributed by atoms with E-state index in [1.165, 1.54) is 28.7 Å². The van der Waals surface area contributed by atoms with Gasteiger partial charge in [-0.25, -0.2) is 0 Å². The molecule has 9 heteroatoms. The fraction of sp³-hybridized carbons (Fsp3) is 0.130. The highest BCUT2D eigenvalue weighted by Crippen LogP contribution is 2.23. The summed E-state index contributed by atoms with van der Waals surface area (Å²) in [7, 11) is 0. The van der Waals surface area contributed by atoms with Crippen molar-refractivity contribution in [2.45, 2.75) is 18.5 Å². The molecule has 0 bridgehead atoms. The van der Waals surface area contributed by atoms with Crippen LogP contribution in [-0.2, 0) is 11.2 Å². The standard InChI is InChI=1S/C23H20N4O3S2/c1-2-16-6-3-4-7-19(16)27-15-24-26-23(27)32-14-21(28)30-18-11-9-17(10-12-18)25-22(29)20-8-5-13-31-20/h3-13,15H,2,14H2,1H3,(H,25,29). The second-order valence-corrected chi connectivity index (χ2v) is 8.57. The molecule has 0 aliphatic carbocycles. The van der Waals surface area contributed by atoms with E-state index in [-0.39, 0.29) is 11.7 Å². The number of para-hydroxylation sites is 1. The van der Waals surface area contributed by atoms with Gasteiger partial charge in [0, 0.05) is 5.69 Å². The summed E-state index contributed by atoms with van der Waals surface area (Å²) in [6.45, 7) is 2.09. The average Bonchev–Trinajstić information content (AvgIpc) is 3.51. The summed E-state index contributed by atoms with van der Waals surface area (Å²) in [4.78, 5) is 25.1. The number of rotatable bonds is 8. The lowest BCUT2D eigenvalue weighted by Gasteiger charge is -2.10. The van der Waals surface area contributed by atoms with Crippen molar-refractivity contribution in [1.82, 2.24) is 14.8 Å². The van der Waals surface area contributed by atoms with Gasteiger partial charge in [0.15, 0.2) is 5.16 Å². The molecule has 4 aromatic rings. The number of hydrogen-bond acceptors (Lipinski definition) is 7. The topological polar surface area (TPSA) is 86.1 Å². The second kappa shape index (κ2) is 10.3. The minimum Gasteiger partial charge on any atom is -0.426 e. The summed E-state index contributed by atoms with van der Waals surface area (Å²) in [5.74, 6) is -0.0785. The first-order chi connectivity index (χ1) is 15.6. The minimum absolute atomic E-state index is 0.0872. The van der Waals surface area contributed by atoms with E-state index in [0.717, 1.165) is 12.1 Å². The maximum absolute atomic E-state index is 12.3. The Morgan fingerprint density at radius 3 is 2.66 bits per heavy atom. The van der Waals surface area contributed by atoms with Crippen LogP contribution in [0.15, 0.2) is 77.5 Å². The number of nitrogens with one attached hydrogen (secondary N) is 1. The van der Waals surface area contributed by atoms with Crippen molar-refractivity contribution in [3.8, 4) is 11.4 Å². The van der Waals surface area contributed by atoms with E-state index in [9.17, 15) is 9.59 Å². The number of anilines is 1. The zero-order chi connectivity index (χ0) is 22.3. The van der Waals surface area contributed by atoms with E-state index >= 15 is 0 Å². The van der Waals surface area contributed by atoms with E-state index in [0.29, 0.717) is 21.5 Å². The molecular weight excluding hydrogens is 444 g/mol. The summed E-state index contributed by atoms with van der Waals surface area (Å²) in [5, 5.41) is 13.4. The Labute approximate surface area is 193 Å².